The fraction of sp³-hybridized carbons (Fsp3) is 0.167. The number of phenols is 1. The molecule has 32 heavy (non-hydrogen) atoms. The summed E-state index contributed by atoms with van der Waals surface area (Å²) < 4.78 is 39.6. The monoisotopic (exact) mass is 442 g/mol. The van der Waals surface area contributed by atoms with Crippen LogP contribution in [0.15, 0.2) is 72.8 Å². The minimum atomic E-state index is -4.57. The second-order valence-corrected chi connectivity index (χ2v) is 7.37. The van der Waals surface area contributed by atoms with Gasteiger partial charge in [0.1, 0.15) is 11.8 Å². The first-order valence-corrected chi connectivity index (χ1v) is 9.69. The highest BCUT2D eigenvalue weighted by atomic mass is 19.4. The van der Waals surface area contributed by atoms with Crippen molar-refractivity contribution in [2.24, 2.45) is 5.73 Å². The maximum absolute atomic E-state index is 13.5. The molecule has 0 fully saturated rings. The van der Waals surface area contributed by atoms with Crippen LogP contribution in [0, 0.1) is 6.92 Å². The smallest absolute Gasteiger partial charge is 0.416 e. The molecule has 0 aromatic heterocycles. The summed E-state index contributed by atoms with van der Waals surface area (Å²) in [5.74, 6) is -1.91. The Morgan fingerprint density at radius 2 is 1.69 bits per heavy atom. The Morgan fingerprint density at radius 3 is 2.31 bits per heavy atom. The van der Waals surface area contributed by atoms with Crippen LogP contribution >= 0.6 is 0 Å². The highest BCUT2D eigenvalue weighted by molar-refractivity contribution is 5.99. The maximum Gasteiger partial charge on any atom is 0.416 e. The minimum absolute atomic E-state index is 0.0841. The first kappa shape index (κ1) is 22.9. The third-order valence-corrected chi connectivity index (χ3v) is 4.95. The molecule has 0 bridgehead atoms. The van der Waals surface area contributed by atoms with Crippen LogP contribution < -0.4 is 5.73 Å². The van der Waals surface area contributed by atoms with Crippen molar-refractivity contribution in [1.29, 1.82) is 0 Å². The quantitative estimate of drug-likeness (QED) is 0.586. The number of primary amides is 1. The molecule has 166 valence electrons. The summed E-state index contributed by atoms with van der Waals surface area (Å²) in [6, 6.07) is 15.8. The van der Waals surface area contributed by atoms with Crippen LogP contribution in [-0.2, 0) is 17.5 Å². The Labute approximate surface area is 182 Å². The molecule has 0 heterocycles. The van der Waals surface area contributed by atoms with E-state index in [9.17, 15) is 27.9 Å². The highest BCUT2D eigenvalue weighted by Gasteiger charge is 2.33. The summed E-state index contributed by atoms with van der Waals surface area (Å²) in [4.78, 5) is 27.0. The van der Waals surface area contributed by atoms with Crippen molar-refractivity contribution in [3.63, 3.8) is 0 Å². The van der Waals surface area contributed by atoms with E-state index in [0.717, 1.165) is 17.0 Å². The largest absolute Gasteiger partial charge is 0.507 e. The molecule has 2 amide bonds. The second-order valence-electron chi connectivity index (χ2n) is 7.37. The van der Waals surface area contributed by atoms with Gasteiger partial charge >= 0.3 is 6.18 Å². The lowest BCUT2D eigenvalue weighted by Gasteiger charge is -2.31. The molecule has 5 nitrogen and oxygen atoms in total. The fourth-order valence-corrected chi connectivity index (χ4v) is 3.43. The van der Waals surface area contributed by atoms with Gasteiger partial charge in [0.05, 0.1) is 11.1 Å². The van der Waals surface area contributed by atoms with E-state index in [1.54, 1.807) is 43.3 Å². The SMILES string of the molecule is Cc1ccc(O)c(C(=O)N(Cc2cccc(C(F)(F)F)c2)[C@@H](C(N)=O)c2ccccc2)c1. The number of hydrogen-bond acceptors (Lipinski definition) is 3. The van der Waals surface area contributed by atoms with E-state index >= 15 is 0 Å². The summed E-state index contributed by atoms with van der Waals surface area (Å²) >= 11 is 0. The molecule has 0 saturated carbocycles. The number of phenolic OH excluding ortho intramolecular Hbond substituents is 1. The Balaban J connectivity index is 2.12. The van der Waals surface area contributed by atoms with Gasteiger partial charge in [-0.15, -0.1) is 0 Å². The molecule has 0 unspecified atom stereocenters. The molecule has 3 aromatic carbocycles. The van der Waals surface area contributed by atoms with Crippen LogP contribution in [0.3, 0.4) is 0 Å². The van der Waals surface area contributed by atoms with E-state index < -0.39 is 29.6 Å². The van der Waals surface area contributed by atoms with Crippen LogP contribution in [0.25, 0.3) is 0 Å². The van der Waals surface area contributed by atoms with Gasteiger partial charge in [-0.1, -0.05) is 54.1 Å². The minimum Gasteiger partial charge on any atom is -0.507 e. The van der Waals surface area contributed by atoms with E-state index in [2.05, 4.69) is 0 Å². The number of halogens is 3. The van der Waals surface area contributed by atoms with Gasteiger partial charge in [-0.3, -0.25) is 9.59 Å². The van der Waals surface area contributed by atoms with Crippen molar-refractivity contribution in [3.05, 3.63) is 101 Å². The number of alkyl halides is 3. The second kappa shape index (κ2) is 9.13. The molecule has 0 aliphatic carbocycles. The standard InChI is InChI=1S/C24H21F3N2O3/c1-15-10-11-20(30)19(12-15)23(32)29(21(22(28)31)17-7-3-2-4-8-17)14-16-6-5-9-18(13-16)24(25,26)27/h2-13,21,30H,14H2,1H3,(H2,28,31)/t21-/m1/s1. The van der Waals surface area contributed by atoms with E-state index in [1.807, 2.05) is 0 Å². The van der Waals surface area contributed by atoms with Gasteiger partial charge < -0.3 is 15.7 Å². The van der Waals surface area contributed by atoms with E-state index in [-0.39, 0.29) is 23.4 Å². The van der Waals surface area contributed by atoms with Gasteiger partial charge in [0.25, 0.3) is 5.91 Å². The fourth-order valence-electron chi connectivity index (χ4n) is 3.43. The molecule has 0 saturated heterocycles. The number of nitrogens with two attached hydrogens (primary N) is 1. The summed E-state index contributed by atoms with van der Waals surface area (Å²) in [5.41, 5.74) is 5.90. The van der Waals surface area contributed by atoms with Gasteiger partial charge in [0, 0.05) is 6.54 Å². The normalized spacial score (nSPS) is 12.2. The molecule has 0 aliphatic rings. The van der Waals surface area contributed by atoms with Gasteiger partial charge in [-0.05, 0) is 42.3 Å². The van der Waals surface area contributed by atoms with Gasteiger partial charge in [-0.2, -0.15) is 13.2 Å². The Morgan fingerprint density at radius 1 is 1.00 bits per heavy atom. The lowest BCUT2D eigenvalue weighted by atomic mass is 10.0. The zero-order valence-corrected chi connectivity index (χ0v) is 17.1. The van der Waals surface area contributed by atoms with Crippen molar-refractivity contribution in [3.8, 4) is 5.75 Å². The summed E-state index contributed by atoms with van der Waals surface area (Å²) in [6.45, 7) is 1.38. The lowest BCUT2D eigenvalue weighted by Crippen LogP contribution is -2.41. The topological polar surface area (TPSA) is 83.6 Å². The molecule has 1 atom stereocenters. The highest BCUT2D eigenvalue weighted by Crippen LogP contribution is 2.32. The van der Waals surface area contributed by atoms with Crippen molar-refractivity contribution >= 4 is 11.8 Å². The van der Waals surface area contributed by atoms with Gasteiger partial charge in [0.15, 0.2) is 0 Å². The lowest BCUT2D eigenvalue weighted by molar-refractivity contribution is -0.137. The number of carbonyl (C=O) groups excluding carboxylic acids is 2. The molecular formula is C24H21F3N2O3. The number of carbonyl (C=O) groups is 2. The molecule has 3 rings (SSSR count). The third kappa shape index (κ3) is 5.08. The van der Waals surface area contributed by atoms with Crippen LogP contribution in [0.5, 0.6) is 5.75 Å². The first-order chi connectivity index (χ1) is 15.1. The van der Waals surface area contributed by atoms with Crippen LogP contribution in [0.1, 0.15) is 38.7 Å². The molecule has 3 aromatic rings. The summed E-state index contributed by atoms with van der Waals surface area (Å²) in [6.07, 6.45) is -4.57. The zero-order chi connectivity index (χ0) is 23.5. The zero-order valence-electron chi connectivity index (χ0n) is 17.1. The van der Waals surface area contributed by atoms with Crippen molar-refractivity contribution in [2.75, 3.05) is 0 Å². The van der Waals surface area contributed by atoms with E-state index in [4.69, 9.17) is 5.73 Å². The summed E-state index contributed by atoms with van der Waals surface area (Å²) in [5, 5.41) is 10.2. The average Bonchev–Trinajstić information content (AvgIpc) is 2.74. The van der Waals surface area contributed by atoms with Crippen molar-refractivity contribution in [2.45, 2.75) is 25.7 Å². The molecule has 0 radical (unpaired) electrons. The number of hydrogen-bond donors (Lipinski definition) is 2. The number of aromatic hydroxyl groups is 1. The number of aryl methyl sites for hydroxylation is 1. The Bertz CT molecular complexity index is 1130. The Hall–Kier alpha value is -3.81. The molecule has 0 aliphatic heterocycles. The van der Waals surface area contributed by atoms with Gasteiger partial charge in [0.2, 0.25) is 5.91 Å². The average molecular weight is 442 g/mol. The molecule has 0 spiro atoms. The predicted molar refractivity (Wildman–Crippen MR) is 113 cm³/mol. The van der Waals surface area contributed by atoms with Crippen molar-refractivity contribution in [1.82, 2.24) is 4.90 Å². The van der Waals surface area contributed by atoms with Crippen LogP contribution in [0.2, 0.25) is 0 Å². The summed E-state index contributed by atoms with van der Waals surface area (Å²) in [7, 11) is 0. The third-order valence-electron chi connectivity index (χ3n) is 4.95. The van der Waals surface area contributed by atoms with E-state index in [0.29, 0.717) is 11.1 Å². The van der Waals surface area contributed by atoms with Gasteiger partial charge in [-0.25, -0.2) is 0 Å². The predicted octanol–water partition coefficient (Wildman–Crippen LogP) is 4.59. The maximum atomic E-state index is 13.5. The number of nitrogens with zero attached hydrogens (tertiary/aromatic N) is 1. The number of rotatable bonds is 6. The molecule has 3 N–H and O–H groups in total. The number of benzene rings is 3. The molecule has 8 heteroatoms. The van der Waals surface area contributed by atoms with E-state index in [1.165, 1.54) is 24.3 Å². The van der Waals surface area contributed by atoms with Crippen LogP contribution in [0.4, 0.5) is 13.2 Å². The molecular weight excluding hydrogens is 421 g/mol. The first-order valence-electron chi connectivity index (χ1n) is 9.69. The number of amides is 2. The van der Waals surface area contributed by atoms with Crippen LogP contribution in [-0.4, -0.2) is 21.8 Å². The van der Waals surface area contributed by atoms with Crippen molar-refractivity contribution < 1.29 is 27.9 Å². The Kier molecular flexibility index (Phi) is 6.53.